The number of halogens is 1. The van der Waals surface area contributed by atoms with Crippen LogP contribution in [0.2, 0.25) is 5.02 Å². The van der Waals surface area contributed by atoms with E-state index in [1.54, 1.807) is 6.92 Å². The maximum absolute atomic E-state index is 11.5. The van der Waals surface area contributed by atoms with Gasteiger partial charge in [0, 0.05) is 19.2 Å². The van der Waals surface area contributed by atoms with Crippen LogP contribution in [0.3, 0.4) is 0 Å². The second-order valence-corrected chi connectivity index (χ2v) is 4.08. The van der Waals surface area contributed by atoms with Crippen molar-refractivity contribution in [2.45, 2.75) is 13.3 Å². The van der Waals surface area contributed by atoms with Crippen molar-refractivity contribution in [1.82, 2.24) is 10.3 Å². The summed E-state index contributed by atoms with van der Waals surface area (Å²) in [5.74, 6) is -1.26. The molecule has 0 fully saturated rings. The highest BCUT2D eigenvalue weighted by Gasteiger charge is 2.11. The molecule has 0 saturated carbocycles. The van der Waals surface area contributed by atoms with Crippen molar-refractivity contribution in [2.75, 3.05) is 6.54 Å². The van der Waals surface area contributed by atoms with Crippen LogP contribution in [-0.4, -0.2) is 28.5 Å². The molecular weight excluding hydrogens is 232 g/mol. The van der Waals surface area contributed by atoms with Crippen LogP contribution >= 0.6 is 11.6 Å². The fraction of sp³-hybridized carbons (Fsp3) is 0.400. The summed E-state index contributed by atoms with van der Waals surface area (Å²) in [6.07, 6.45) is 1.54. The van der Waals surface area contributed by atoms with Crippen LogP contribution in [-0.2, 0) is 4.79 Å². The van der Waals surface area contributed by atoms with Crippen LogP contribution < -0.4 is 5.32 Å². The van der Waals surface area contributed by atoms with E-state index in [-0.39, 0.29) is 18.2 Å². The van der Waals surface area contributed by atoms with Gasteiger partial charge in [0.1, 0.15) is 5.69 Å². The summed E-state index contributed by atoms with van der Waals surface area (Å²) in [5.41, 5.74) is 0.368. The molecule has 16 heavy (non-hydrogen) atoms. The van der Waals surface area contributed by atoms with E-state index in [9.17, 15) is 9.59 Å². The topological polar surface area (TPSA) is 82.2 Å². The number of amides is 1. The van der Waals surface area contributed by atoms with Crippen LogP contribution in [0.1, 0.15) is 23.8 Å². The number of carboxylic acid groups (broad SMARTS) is 1. The quantitative estimate of drug-likeness (QED) is 0.734. The van der Waals surface area contributed by atoms with E-state index in [2.05, 4.69) is 10.3 Å². The van der Waals surface area contributed by atoms with Gasteiger partial charge >= 0.3 is 5.97 Å². The summed E-state index contributed by atoms with van der Waals surface area (Å²) in [6.45, 7) is 2.08. The minimum absolute atomic E-state index is 0.0335. The van der Waals surface area contributed by atoms with Crippen molar-refractivity contribution >= 4 is 23.5 Å². The van der Waals surface area contributed by atoms with Crippen molar-refractivity contribution in [3.05, 3.63) is 23.0 Å². The number of carbonyl (C=O) groups is 2. The van der Waals surface area contributed by atoms with E-state index in [0.717, 1.165) is 0 Å². The van der Waals surface area contributed by atoms with Crippen LogP contribution in [0.5, 0.6) is 0 Å². The average Bonchev–Trinajstić information content (AvgIpc) is 2.60. The standard InChI is InChI=1S/C10H13ClN2O3/c1-6(2-9(14)15)4-13-10(16)8-3-7(11)5-12-8/h3,5-6,12H,2,4H2,1H3,(H,13,16)(H,14,15). The van der Waals surface area contributed by atoms with Crippen LogP contribution in [0.15, 0.2) is 12.3 Å². The number of aromatic amines is 1. The third kappa shape index (κ3) is 3.94. The highest BCUT2D eigenvalue weighted by Crippen LogP contribution is 2.09. The molecule has 0 bridgehead atoms. The number of aliphatic carboxylic acids is 1. The van der Waals surface area contributed by atoms with Gasteiger partial charge in [0.15, 0.2) is 0 Å². The number of carbonyl (C=O) groups excluding carboxylic acids is 1. The Labute approximate surface area is 97.8 Å². The van der Waals surface area contributed by atoms with Crippen LogP contribution in [0.4, 0.5) is 0 Å². The van der Waals surface area contributed by atoms with Crippen molar-refractivity contribution < 1.29 is 14.7 Å². The highest BCUT2D eigenvalue weighted by atomic mass is 35.5. The Bertz CT molecular complexity index is 389. The van der Waals surface area contributed by atoms with Gasteiger partial charge in [-0.05, 0) is 12.0 Å². The molecule has 1 rings (SSSR count). The molecule has 1 heterocycles. The molecule has 6 heteroatoms. The van der Waals surface area contributed by atoms with Gasteiger partial charge in [-0.25, -0.2) is 0 Å². The van der Waals surface area contributed by atoms with Gasteiger partial charge in [0.2, 0.25) is 0 Å². The first-order chi connectivity index (χ1) is 7.49. The molecule has 3 N–H and O–H groups in total. The molecule has 5 nitrogen and oxygen atoms in total. The fourth-order valence-electron chi connectivity index (χ4n) is 1.23. The summed E-state index contributed by atoms with van der Waals surface area (Å²) in [7, 11) is 0. The van der Waals surface area contributed by atoms with Gasteiger partial charge in [-0.1, -0.05) is 18.5 Å². The van der Waals surface area contributed by atoms with Gasteiger partial charge in [0.25, 0.3) is 5.91 Å². The van der Waals surface area contributed by atoms with E-state index in [1.807, 2.05) is 0 Å². The number of rotatable bonds is 5. The lowest BCUT2D eigenvalue weighted by Gasteiger charge is -2.09. The van der Waals surface area contributed by atoms with Crippen molar-refractivity contribution in [3.8, 4) is 0 Å². The zero-order valence-electron chi connectivity index (χ0n) is 8.79. The first-order valence-electron chi connectivity index (χ1n) is 4.83. The molecule has 1 unspecified atom stereocenters. The number of H-pyrrole nitrogens is 1. The fourth-order valence-corrected chi connectivity index (χ4v) is 1.40. The molecule has 0 spiro atoms. The SMILES string of the molecule is CC(CNC(=O)c1cc(Cl)c[nH]1)CC(=O)O. The molecule has 1 aromatic rings. The first kappa shape index (κ1) is 12.6. The Morgan fingerprint density at radius 1 is 1.62 bits per heavy atom. The van der Waals surface area contributed by atoms with Crippen LogP contribution in [0.25, 0.3) is 0 Å². The number of carboxylic acids is 1. The lowest BCUT2D eigenvalue weighted by atomic mass is 10.1. The Morgan fingerprint density at radius 3 is 2.81 bits per heavy atom. The molecule has 88 valence electrons. The number of hydrogen-bond acceptors (Lipinski definition) is 2. The minimum atomic E-state index is -0.871. The normalized spacial score (nSPS) is 12.1. The van der Waals surface area contributed by atoms with E-state index in [4.69, 9.17) is 16.7 Å². The smallest absolute Gasteiger partial charge is 0.303 e. The molecule has 0 aromatic carbocycles. The maximum Gasteiger partial charge on any atom is 0.303 e. The van der Waals surface area contributed by atoms with Gasteiger partial charge in [-0.3, -0.25) is 9.59 Å². The monoisotopic (exact) mass is 244 g/mol. The molecule has 1 aromatic heterocycles. The molecule has 0 aliphatic heterocycles. The maximum atomic E-state index is 11.5. The lowest BCUT2D eigenvalue weighted by molar-refractivity contribution is -0.137. The molecule has 0 radical (unpaired) electrons. The number of hydrogen-bond donors (Lipinski definition) is 3. The molecule has 1 amide bonds. The Kier molecular flexibility index (Phi) is 4.37. The zero-order chi connectivity index (χ0) is 12.1. The van der Waals surface area contributed by atoms with Crippen molar-refractivity contribution in [2.24, 2.45) is 5.92 Å². The summed E-state index contributed by atoms with van der Waals surface area (Å²) < 4.78 is 0. The Morgan fingerprint density at radius 2 is 2.31 bits per heavy atom. The summed E-state index contributed by atoms with van der Waals surface area (Å²) in [6, 6.07) is 1.51. The van der Waals surface area contributed by atoms with E-state index in [1.165, 1.54) is 12.3 Å². The lowest BCUT2D eigenvalue weighted by Crippen LogP contribution is -2.29. The third-order valence-electron chi connectivity index (χ3n) is 2.03. The second-order valence-electron chi connectivity index (χ2n) is 3.64. The zero-order valence-corrected chi connectivity index (χ0v) is 9.54. The predicted octanol–water partition coefficient (Wildman–Crippen LogP) is 1.51. The third-order valence-corrected chi connectivity index (χ3v) is 2.24. The van der Waals surface area contributed by atoms with Gasteiger partial charge in [-0.2, -0.15) is 0 Å². The molecule has 1 atom stereocenters. The Hall–Kier alpha value is -1.49. The van der Waals surface area contributed by atoms with Crippen molar-refractivity contribution in [1.29, 1.82) is 0 Å². The predicted molar refractivity (Wildman–Crippen MR) is 59.6 cm³/mol. The van der Waals surface area contributed by atoms with Gasteiger partial charge < -0.3 is 15.4 Å². The molecule has 0 aliphatic carbocycles. The number of nitrogens with one attached hydrogen (secondary N) is 2. The molecule has 0 saturated heterocycles. The Balaban J connectivity index is 2.38. The highest BCUT2D eigenvalue weighted by molar-refractivity contribution is 6.30. The summed E-state index contributed by atoms with van der Waals surface area (Å²) >= 11 is 5.65. The summed E-state index contributed by atoms with van der Waals surface area (Å²) in [4.78, 5) is 24.6. The minimum Gasteiger partial charge on any atom is -0.481 e. The first-order valence-corrected chi connectivity index (χ1v) is 5.20. The summed E-state index contributed by atoms with van der Waals surface area (Å²) in [5, 5.41) is 11.6. The van der Waals surface area contributed by atoms with Gasteiger partial charge in [-0.15, -0.1) is 0 Å². The van der Waals surface area contributed by atoms with Crippen molar-refractivity contribution in [3.63, 3.8) is 0 Å². The second kappa shape index (κ2) is 5.55. The largest absolute Gasteiger partial charge is 0.481 e. The van der Waals surface area contributed by atoms with E-state index in [0.29, 0.717) is 17.3 Å². The van der Waals surface area contributed by atoms with E-state index < -0.39 is 5.97 Å². The van der Waals surface area contributed by atoms with Gasteiger partial charge in [0.05, 0.1) is 5.02 Å². The molecule has 0 aliphatic rings. The molecular formula is C10H13ClN2O3. The van der Waals surface area contributed by atoms with E-state index >= 15 is 0 Å². The number of aromatic nitrogens is 1. The van der Waals surface area contributed by atoms with Crippen LogP contribution in [0, 0.1) is 5.92 Å². The average molecular weight is 245 g/mol.